The van der Waals surface area contributed by atoms with Gasteiger partial charge in [0.25, 0.3) is 11.6 Å². The van der Waals surface area contributed by atoms with Gasteiger partial charge in [0.15, 0.2) is 5.13 Å². The number of benzene rings is 2. The van der Waals surface area contributed by atoms with Gasteiger partial charge in [0.05, 0.1) is 23.8 Å². The topological polar surface area (TPSA) is 101 Å². The second kappa shape index (κ2) is 10.5. The fourth-order valence-electron chi connectivity index (χ4n) is 4.50. The van der Waals surface area contributed by atoms with E-state index in [1.165, 1.54) is 17.4 Å². The Morgan fingerprint density at radius 1 is 1.09 bits per heavy atom. The second-order valence-corrected chi connectivity index (χ2v) is 9.74. The predicted octanol–water partition coefficient (Wildman–Crippen LogP) is 4.40. The van der Waals surface area contributed by atoms with E-state index in [0.717, 1.165) is 61.7 Å². The molecule has 3 heterocycles. The van der Waals surface area contributed by atoms with Gasteiger partial charge in [-0.1, -0.05) is 41.7 Å². The van der Waals surface area contributed by atoms with Crippen LogP contribution in [0.1, 0.15) is 28.1 Å². The van der Waals surface area contributed by atoms with Gasteiger partial charge in [0.2, 0.25) is 0 Å². The van der Waals surface area contributed by atoms with E-state index in [9.17, 15) is 14.9 Å². The number of hydrogen-bond donors (Lipinski definition) is 1. The molecule has 2 aliphatic heterocycles. The average molecular weight is 494 g/mol. The van der Waals surface area contributed by atoms with Crippen LogP contribution >= 0.6 is 11.3 Å². The Balaban J connectivity index is 1.39. The van der Waals surface area contributed by atoms with Gasteiger partial charge in [-0.25, -0.2) is 4.98 Å². The summed E-state index contributed by atoms with van der Waals surface area (Å²) in [7, 11) is 0. The molecule has 1 amide bonds. The van der Waals surface area contributed by atoms with E-state index in [2.05, 4.69) is 10.2 Å². The fraction of sp³-hybridized carbons (Fsp3) is 0.360. The molecule has 2 aromatic carbocycles. The Labute approximate surface area is 207 Å². The summed E-state index contributed by atoms with van der Waals surface area (Å²) in [5.41, 5.74) is 2.59. The molecule has 10 heteroatoms. The third-order valence-corrected chi connectivity index (χ3v) is 7.27. The molecule has 2 aliphatic rings. The van der Waals surface area contributed by atoms with E-state index < -0.39 is 10.8 Å². The molecule has 5 rings (SSSR count). The normalized spacial score (nSPS) is 16.4. The van der Waals surface area contributed by atoms with Gasteiger partial charge in [-0.15, -0.1) is 0 Å². The number of ether oxygens (including phenoxy) is 1. The number of nitro groups is 1. The van der Waals surface area contributed by atoms with Gasteiger partial charge in [0, 0.05) is 54.8 Å². The first kappa shape index (κ1) is 23.4. The summed E-state index contributed by atoms with van der Waals surface area (Å²) in [4.78, 5) is 34.5. The van der Waals surface area contributed by atoms with Gasteiger partial charge in [0.1, 0.15) is 5.69 Å². The summed E-state index contributed by atoms with van der Waals surface area (Å²) in [5, 5.41) is 15.1. The third-order valence-electron chi connectivity index (χ3n) is 6.32. The van der Waals surface area contributed by atoms with Crippen LogP contribution in [0, 0.1) is 10.1 Å². The molecule has 0 aliphatic carbocycles. The number of hydrogen-bond acceptors (Lipinski definition) is 8. The number of nitrogens with zero attached hydrogens (tertiary/aromatic N) is 4. The molecule has 182 valence electrons. The Morgan fingerprint density at radius 3 is 2.54 bits per heavy atom. The zero-order chi connectivity index (χ0) is 24.2. The van der Waals surface area contributed by atoms with Crippen molar-refractivity contribution in [3.63, 3.8) is 0 Å². The molecule has 3 aromatic rings. The monoisotopic (exact) mass is 493 g/mol. The van der Waals surface area contributed by atoms with E-state index in [-0.39, 0.29) is 11.3 Å². The minimum absolute atomic E-state index is 0.0448. The summed E-state index contributed by atoms with van der Waals surface area (Å²) < 4.78 is 5.46. The molecule has 0 spiro atoms. The highest BCUT2D eigenvalue weighted by Gasteiger charge is 2.25. The molecule has 35 heavy (non-hydrogen) atoms. The molecule has 1 aromatic heterocycles. The lowest BCUT2D eigenvalue weighted by atomic mass is 10.1. The molecule has 1 N–H and O–H groups in total. The van der Waals surface area contributed by atoms with Crippen LogP contribution in [0.2, 0.25) is 0 Å². The van der Waals surface area contributed by atoms with Crippen molar-refractivity contribution >= 4 is 33.8 Å². The highest BCUT2D eigenvalue weighted by Crippen LogP contribution is 2.34. The third kappa shape index (κ3) is 5.34. The number of nitro benzene ring substituents is 1. The van der Waals surface area contributed by atoms with Gasteiger partial charge < -0.3 is 9.64 Å². The van der Waals surface area contributed by atoms with Crippen LogP contribution in [0.25, 0.3) is 11.3 Å². The van der Waals surface area contributed by atoms with E-state index in [0.29, 0.717) is 24.0 Å². The number of rotatable bonds is 7. The Bertz CT molecular complexity index is 1200. The van der Waals surface area contributed by atoms with E-state index in [1.807, 2.05) is 35.2 Å². The summed E-state index contributed by atoms with van der Waals surface area (Å²) in [5.74, 6) is -0.410. The van der Waals surface area contributed by atoms with Crippen molar-refractivity contribution in [3.8, 4) is 11.3 Å². The number of thiazole rings is 1. The molecule has 0 saturated carbocycles. The van der Waals surface area contributed by atoms with Gasteiger partial charge in [-0.3, -0.25) is 25.1 Å². The molecule has 2 saturated heterocycles. The number of carbonyl (C=O) groups is 1. The molecular weight excluding hydrogens is 466 g/mol. The summed E-state index contributed by atoms with van der Waals surface area (Å²) in [6, 6.07) is 14.6. The summed E-state index contributed by atoms with van der Waals surface area (Å²) in [6.07, 6.45) is 2.03. The Kier molecular flexibility index (Phi) is 7.03. The number of aromatic nitrogens is 1. The summed E-state index contributed by atoms with van der Waals surface area (Å²) in [6.45, 7) is 5.41. The standard InChI is InChI=1S/C25H27N5O4S/c31-24(19-8-9-20(21(16-19)30(32)33)29-10-4-5-11-29)27-25-26-23(18-6-2-1-3-7-18)22(35-25)17-28-12-14-34-15-13-28/h1-3,6-9,16H,4-5,10-15,17H2,(H,26,27,31). The second-order valence-electron chi connectivity index (χ2n) is 8.65. The lowest BCUT2D eigenvalue weighted by Crippen LogP contribution is -2.35. The van der Waals surface area contributed by atoms with Crippen LogP contribution in [0.4, 0.5) is 16.5 Å². The minimum Gasteiger partial charge on any atom is -0.379 e. The highest BCUT2D eigenvalue weighted by molar-refractivity contribution is 7.16. The van der Waals surface area contributed by atoms with Crippen LogP contribution in [-0.4, -0.2) is 60.1 Å². The van der Waals surface area contributed by atoms with E-state index in [1.54, 1.807) is 12.1 Å². The van der Waals surface area contributed by atoms with Crippen molar-refractivity contribution in [2.75, 3.05) is 49.6 Å². The zero-order valence-electron chi connectivity index (χ0n) is 19.3. The quantitative estimate of drug-likeness (QED) is 0.384. The first-order valence-electron chi connectivity index (χ1n) is 11.8. The van der Waals surface area contributed by atoms with Gasteiger partial charge >= 0.3 is 0 Å². The largest absolute Gasteiger partial charge is 0.379 e. The highest BCUT2D eigenvalue weighted by atomic mass is 32.1. The number of nitrogens with one attached hydrogen (secondary N) is 1. The lowest BCUT2D eigenvalue weighted by Gasteiger charge is -2.26. The van der Waals surface area contributed by atoms with Gasteiger partial charge in [-0.05, 0) is 25.0 Å². The maximum absolute atomic E-state index is 13.1. The van der Waals surface area contributed by atoms with Crippen molar-refractivity contribution in [2.24, 2.45) is 0 Å². The Morgan fingerprint density at radius 2 is 1.83 bits per heavy atom. The maximum atomic E-state index is 13.1. The first-order chi connectivity index (χ1) is 17.1. The number of amides is 1. The zero-order valence-corrected chi connectivity index (χ0v) is 20.1. The minimum atomic E-state index is -0.415. The molecule has 9 nitrogen and oxygen atoms in total. The predicted molar refractivity (Wildman–Crippen MR) is 136 cm³/mol. The summed E-state index contributed by atoms with van der Waals surface area (Å²) >= 11 is 1.44. The molecule has 2 fully saturated rings. The van der Waals surface area contributed by atoms with E-state index >= 15 is 0 Å². The van der Waals surface area contributed by atoms with Crippen LogP contribution in [0.5, 0.6) is 0 Å². The maximum Gasteiger partial charge on any atom is 0.293 e. The van der Waals surface area contributed by atoms with Crippen LogP contribution in [0.3, 0.4) is 0 Å². The number of morpholine rings is 1. The molecule has 0 radical (unpaired) electrons. The smallest absolute Gasteiger partial charge is 0.293 e. The SMILES string of the molecule is O=C(Nc1nc(-c2ccccc2)c(CN2CCOCC2)s1)c1ccc(N2CCCC2)c([N+](=O)[O-])c1. The van der Waals surface area contributed by atoms with E-state index in [4.69, 9.17) is 9.72 Å². The van der Waals surface area contributed by atoms with Crippen molar-refractivity contribution in [1.82, 2.24) is 9.88 Å². The number of anilines is 2. The average Bonchev–Trinajstić information content (AvgIpc) is 3.55. The van der Waals surface area contributed by atoms with Crippen LogP contribution in [0.15, 0.2) is 48.5 Å². The fourth-order valence-corrected chi connectivity index (χ4v) is 5.52. The first-order valence-corrected chi connectivity index (χ1v) is 12.6. The van der Waals surface area contributed by atoms with Crippen molar-refractivity contribution < 1.29 is 14.5 Å². The van der Waals surface area contributed by atoms with Gasteiger partial charge in [-0.2, -0.15) is 0 Å². The van der Waals surface area contributed by atoms with Crippen LogP contribution < -0.4 is 10.2 Å². The van der Waals surface area contributed by atoms with Crippen LogP contribution in [-0.2, 0) is 11.3 Å². The Hall–Kier alpha value is -3.34. The molecule has 0 bridgehead atoms. The molecule has 0 unspecified atom stereocenters. The van der Waals surface area contributed by atoms with Crippen molar-refractivity contribution in [3.05, 3.63) is 69.1 Å². The molecular formula is C25H27N5O4S. The lowest BCUT2D eigenvalue weighted by molar-refractivity contribution is -0.384. The number of carbonyl (C=O) groups excluding carboxylic acids is 1. The van der Waals surface area contributed by atoms with Crippen molar-refractivity contribution in [1.29, 1.82) is 0 Å². The van der Waals surface area contributed by atoms with Crippen molar-refractivity contribution in [2.45, 2.75) is 19.4 Å². The molecule has 0 atom stereocenters.